The van der Waals surface area contributed by atoms with E-state index >= 15 is 0 Å². The average Bonchev–Trinajstić information content (AvgIpc) is 3.13. The number of thiazole rings is 1. The lowest BCUT2D eigenvalue weighted by Crippen LogP contribution is -2.21. The molecule has 1 N–H and O–H groups in total. The lowest BCUT2D eigenvalue weighted by Gasteiger charge is -2.09. The van der Waals surface area contributed by atoms with Gasteiger partial charge < -0.3 is 14.8 Å². The van der Waals surface area contributed by atoms with Gasteiger partial charge in [-0.05, 0) is 30.3 Å². The van der Waals surface area contributed by atoms with Crippen LogP contribution in [0.2, 0.25) is 0 Å². The van der Waals surface area contributed by atoms with Gasteiger partial charge in [0.25, 0.3) is 5.91 Å². The Morgan fingerprint density at radius 1 is 1.11 bits per heavy atom. The van der Waals surface area contributed by atoms with Crippen molar-refractivity contribution < 1.29 is 23.9 Å². The molecule has 0 saturated carbocycles. The highest BCUT2D eigenvalue weighted by Crippen LogP contribution is 2.22. The number of anilines is 1. The van der Waals surface area contributed by atoms with Crippen LogP contribution in [-0.2, 0) is 19.1 Å². The van der Waals surface area contributed by atoms with Gasteiger partial charge in [0.2, 0.25) is 0 Å². The van der Waals surface area contributed by atoms with E-state index in [9.17, 15) is 14.4 Å². The highest BCUT2D eigenvalue weighted by atomic mass is 32.1. The molecule has 8 heteroatoms. The van der Waals surface area contributed by atoms with Gasteiger partial charge in [-0.2, -0.15) is 0 Å². The zero-order valence-electron chi connectivity index (χ0n) is 14.9. The van der Waals surface area contributed by atoms with Crippen molar-refractivity contribution in [2.75, 3.05) is 19.0 Å². The third kappa shape index (κ3) is 4.80. The molecule has 28 heavy (non-hydrogen) atoms. The van der Waals surface area contributed by atoms with Gasteiger partial charge in [-0.3, -0.25) is 4.79 Å². The summed E-state index contributed by atoms with van der Waals surface area (Å²) in [5.74, 6) is -1.82. The van der Waals surface area contributed by atoms with Crippen LogP contribution in [0, 0.1) is 0 Å². The fourth-order valence-electron chi connectivity index (χ4n) is 2.35. The highest BCUT2D eigenvalue weighted by molar-refractivity contribution is 7.19. The van der Waals surface area contributed by atoms with Gasteiger partial charge in [-0.25, -0.2) is 14.6 Å². The number of nitrogens with one attached hydrogen (secondary N) is 1. The predicted molar refractivity (Wildman–Crippen MR) is 106 cm³/mol. The SMILES string of the molecule is COC(=O)c1ccccc1NC(=O)COC(=O)/C=C/c1nc2ccccc2s1. The molecule has 0 atom stereocenters. The second-order valence-electron chi connectivity index (χ2n) is 5.55. The first-order chi connectivity index (χ1) is 13.6. The average molecular weight is 396 g/mol. The van der Waals surface area contributed by atoms with Gasteiger partial charge in [0.15, 0.2) is 6.61 Å². The molecule has 0 aliphatic carbocycles. The molecule has 0 aliphatic rings. The van der Waals surface area contributed by atoms with Crippen molar-refractivity contribution in [3.8, 4) is 0 Å². The van der Waals surface area contributed by atoms with Crippen molar-refractivity contribution in [1.82, 2.24) is 4.98 Å². The molecule has 1 aromatic heterocycles. The Balaban J connectivity index is 1.54. The van der Waals surface area contributed by atoms with E-state index in [1.807, 2.05) is 24.3 Å². The van der Waals surface area contributed by atoms with Gasteiger partial charge in [-0.15, -0.1) is 11.3 Å². The van der Waals surface area contributed by atoms with Gasteiger partial charge in [-0.1, -0.05) is 24.3 Å². The summed E-state index contributed by atoms with van der Waals surface area (Å²) < 4.78 is 10.6. The second-order valence-corrected chi connectivity index (χ2v) is 6.61. The first-order valence-electron chi connectivity index (χ1n) is 8.24. The van der Waals surface area contributed by atoms with Crippen molar-refractivity contribution in [2.45, 2.75) is 0 Å². The number of amides is 1. The molecule has 0 bridgehead atoms. The number of fused-ring (bicyclic) bond motifs is 1. The molecular weight excluding hydrogens is 380 g/mol. The summed E-state index contributed by atoms with van der Waals surface area (Å²) in [6.45, 7) is -0.488. The highest BCUT2D eigenvalue weighted by Gasteiger charge is 2.14. The number of carbonyl (C=O) groups excluding carboxylic acids is 3. The second kappa shape index (κ2) is 8.92. The van der Waals surface area contributed by atoms with Crippen molar-refractivity contribution in [1.29, 1.82) is 0 Å². The molecule has 0 aliphatic heterocycles. The minimum atomic E-state index is -0.671. The van der Waals surface area contributed by atoms with Gasteiger partial charge in [0.1, 0.15) is 5.01 Å². The number of benzene rings is 2. The Morgan fingerprint density at radius 2 is 1.86 bits per heavy atom. The van der Waals surface area contributed by atoms with Crippen LogP contribution in [0.5, 0.6) is 0 Å². The number of carbonyl (C=O) groups is 3. The summed E-state index contributed by atoms with van der Waals surface area (Å²) in [4.78, 5) is 39.9. The Kier molecular flexibility index (Phi) is 6.13. The molecule has 2 aromatic carbocycles. The van der Waals surface area contributed by atoms with Gasteiger partial charge in [0, 0.05) is 6.08 Å². The maximum Gasteiger partial charge on any atom is 0.339 e. The molecule has 3 aromatic rings. The Hall–Kier alpha value is -3.52. The molecule has 0 unspecified atom stereocenters. The van der Waals surface area contributed by atoms with E-state index in [1.54, 1.807) is 18.2 Å². The van der Waals surface area contributed by atoms with E-state index in [0.29, 0.717) is 5.01 Å². The topological polar surface area (TPSA) is 94.6 Å². The summed E-state index contributed by atoms with van der Waals surface area (Å²) in [7, 11) is 1.25. The summed E-state index contributed by atoms with van der Waals surface area (Å²) in [5.41, 5.74) is 1.34. The zero-order chi connectivity index (χ0) is 19.9. The van der Waals surface area contributed by atoms with Crippen molar-refractivity contribution in [2.24, 2.45) is 0 Å². The lowest BCUT2D eigenvalue weighted by atomic mass is 10.2. The zero-order valence-corrected chi connectivity index (χ0v) is 15.7. The minimum Gasteiger partial charge on any atom is -0.465 e. The van der Waals surface area contributed by atoms with Crippen molar-refractivity contribution in [3.63, 3.8) is 0 Å². The maximum absolute atomic E-state index is 12.0. The molecule has 142 valence electrons. The Bertz CT molecular complexity index is 1020. The monoisotopic (exact) mass is 396 g/mol. The van der Waals surface area contributed by atoms with Crippen molar-refractivity contribution in [3.05, 3.63) is 65.2 Å². The van der Waals surface area contributed by atoms with Crippen LogP contribution >= 0.6 is 11.3 Å². The third-order valence-electron chi connectivity index (χ3n) is 3.62. The van der Waals surface area contributed by atoms with Gasteiger partial charge >= 0.3 is 11.9 Å². The fourth-order valence-corrected chi connectivity index (χ4v) is 3.22. The van der Waals surface area contributed by atoms with Crippen LogP contribution in [0.15, 0.2) is 54.6 Å². The first-order valence-corrected chi connectivity index (χ1v) is 9.06. The molecule has 3 rings (SSSR count). The number of nitrogens with zero attached hydrogens (tertiary/aromatic N) is 1. The molecule has 0 radical (unpaired) electrons. The number of hydrogen-bond acceptors (Lipinski definition) is 7. The van der Waals surface area contributed by atoms with Crippen LogP contribution < -0.4 is 5.32 Å². The molecule has 7 nitrogen and oxygen atoms in total. The Morgan fingerprint density at radius 3 is 2.64 bits per heavy atom. The molecule has 1 amide bonds. The summed E-state index contributed by atoms with van der Waals surface area (Å²) in [5, 5.41) is 3.18. The molecular formula is C20H16N2O5S. The summed E-state index contributed by atoms with van der Waals surface area (Å²) >= 11 is 1.44. The summed E-state index contributed by atoms with van der Waals surface area (Å²) in [6, 6.07) is 14.0. The maximum atomic E-state index is 12.0. The predicted octanol–water partition coefficient (Wildman–Crippen LogP) is 3.28. The number of esters is 2. The fraction of sp³-hybridized carbons (Fsp3) is 0.100. The molecule has 1 heterocycles. The van der Waals surface area contributed by atoms with E-state index in [1.165, 1.54) is 36.7 Å². The summed E-state index contributed by atoms with van der Waals surface area (Å²) in [6.07, 6.45) is 2.75. The first kappa shape index (κ1) is 19.2. The van der Waals surface area contributed by atoms with E-state index in [2.05, 4.69) is 15.0 Å². The standard InChI is InChI=1S/C20H16N2O5S/c1-26-20(25)13-6-2-3-7-14(13)21-17(23)12-27-19(24)11-10-18-22-15-8-4-5-9-16(15)28-18/h2-11H,12H2,1H3,(H,21,23)/b11-10+. The van der Waals surface area contributed by atoms with Crippen LogP contribution in [0.3, 0.4) is 0 Å². The largest absolute Gasteiger partial charge is 0.465 e. The van der Waals surface area contributed by atoms with E-state index in [4.69, 9.17) is 4.74 Å². The number of rotatable bonds is 6. The molecule has 0 saturated heterocycles. The van der Waals surface area contributed by atoms with Crippen LogP contribution in [0.1, 0.15) is 15.4 Å². The van der Waals surface area contributed by atoms with E-state index in [0.717, 1.165) is 10.2 Å². The third-order valence-corrected chi connectivity index (χ3v) is 4.63. The van der Waals surface area contributed by atoms with Crippen molar-refractivity contribution >= 4 is 51.2 Å². The van der Waals surface area contributed by atoms with Crippen LogP contribution in [-0.4, -0.2) is 36.5 Å². The smallest absolute Gasteiger partial charge is 0.339 e. The molecule has 0 fully saturated rings. The Labute approximate surface area is 164 Å². The lowest BCUT2D eigenvalue weighted by molar-refractivity contribution is -0.142. The van der Waals surface area contributed by atoms with E-state index < -0.39 is 24.5 Å². The molecule has 0 spiro atoms. The number of para-hydroxylation sites is 2. The normalized spacial score (nSPS) is 10.8. The van der Waals surface area contributed by atoms with Crippen LogP contribution in [0.25, 0.3) is 16.3 Å². The number of hydrogen-bond donors (Lipinski definition) is 1. The quantitative estimate of drug-likeness (QED) is 0.508. The number of methoxy groups -OCH3 is 1. The minimum absolute atomic E-state index is 0.209. The number of aromatic nitrogens is 1. The van der Waals surface area contributed by atoms with Crippen LogP contribution in [0.4, 0.5) is 5.69 Å². The van der Waals surface area contributed by atoms with Gasteiger partial charge in [0.05, 0.1) is 28.6 Å². The van der Waals surface area contributed by atoms with E-state index in [-0.39, 0.29) is 11.3 Å². The number of ether oxygens (including phenoxy) is 2.